The fourth-order valence-corrected chi connectivity index (χ4v) is 4.52. The quantitative estimate of drug-likeness (QED) is 0.510. The number of carbonyl (C=O) groups excluding carboxylic acids is 1. The van der Waals surface area contributed by atoms with Gasteiger partial charge in [0, 0.05) is 5.41 Å². The van der Waals surface area contributed by atoms with E-state index < -0.39 is 11.2 Å². The van der Waals surface area contributed by atoms with Gasteiger partial charge in [-0.1, -0.05) is 49.2 Å². The van der Waals surface area contributed by atoms with Crippen LogP contribution in [-0.4, -0.2) is 45.3 Å². The molecular formula is C19H23N3O4S. The van der Waals surface area contributed by atoms with Crippen LogP contribution in [0, 0.1) is 0 Å². The normalized spacial score (nSPS) is 23.7. The number of nitrogens with one attached hydrogen (secondary N) is 1. The lowest BCUT2D eigenvalue weighted by Crippen LogP contribution is -2.33. The van der Waals surface area contributed by atoms with Gasteiger partial charge in [0.05, 0.1) is 19.2 Å². The molecule has 0 aromatic heterocycles. The van der Waals surface area contributed by atoms with Crippen molar-refractivity contribution in [2.75, 3.05) is 6.61 Å². The fourth-order valence-electron chi connectivity index (χ4n) is 3.61. The number of thioether (sulfide) groups is 1. The molecule has 1 aromatic carbocycles. The smallest absolute Gasteiger partial charge is 0.305 e. The Morgan fingerprint density at radius 2 is 2.11 bits per heavy atom. The van der Waals surface area contributed by atoms with Gasteiger partial charge in [0.1, 0.15) is 5.25 Å². The summed E-state index contributed by atoms with van der Waals surface area (Å²) < 4.78 is 0. The molecule has 3 N–H and O–H groups in total. The predicted octanol–water partition coefficient (Wildman–Crippen LogP) is 2.28. The number of aliphatic hydroxyl groups excluding tert-OH is 1. The van der Waals surface area contributed by atoms with Gasteiger partial charge >= 0.3 is 5.97 Å². The van der Waals surface area contributed by atoms with E-state index in [9.17, 15) is 14.7 Å². The zero-order valence-electron chi connectivity index (χ0n) is 14.9. The standard InChI is InChI=1S/C19H23N3O4S/c23-12-19(7-2-1-3-8-19)14-6-4-5-13(9-14)11-20-22-18-21-17(26)15(27-18)10-16(24)25/h4-6,9,11,15,23H,1-3,7-8,10,12H2,(H,24,25)(H,21,22,26). The van der Waals surface area contributed by atoms with Crippen LogP contribution in [0.5, 0.6) is 0 Å². The summed E-state index contributed by atoms with van der Waals surface area (Å²) in [6, 6.07) is 7.94. The van der Waals surface area contributed by atoms with Crippen molar-refractivity contribution in [3.8, 4) is 0 Å². The summed E-state index contributed by atoms with van der Waals surface area (Å²) in [6.45, 7) is 0.142. The maximum Gasteiger partial charge on any atom is 0.305 e. The molecule has 2 fully saturated rings. The van der Waals surface area contributed by atoms with Gasteiger partial charge in [-0.05, 0) is 30.0 Å². The number of benzene rings is 1. The van der Waals surface area contributed by atoms with E-state index in [0.717, 1.165) is 48.6 Å². The topological polar surface area (TPSA) is 111 Å². The molecule has 7 nitrogen and oxygen atoms in total. The minimum atomic E-state index is -1.02. The van der Waals surface area contributed by atoms with Gasteiger partial charge in [-0.2, -0.15) is 5.10 Å². The Morgan fingerprint density at radius 1 is 1.33 bits per heavy atom. The number of carbonyl (C=O) groups is 2. The maximum atomic E-state index is 11.7. The highest BCUT2D eigenvalue weighted by atomic mass is 32.2. The van der Waals surface area contributed by atoms with Crippen LogP contribution >= 0.6 is 11.8 Å². The summed E-state index contributed by atoms with van der Waals surface area (Å²) in [5.74, 6) is -1.38. The van der Waals surface area contributed by atoms with Gasteiger partial charge < -0.3 is 15.5 Å². The summed E-state index contributed by atoms with van der Waals surface area (Å²) in [6.07, 6.45) is 6.79. The Labute approximate surface area is 162 Å². The van der Waals surface area contributed by atoms with Crippen molar-refractivity contribution in [1.29, 1.82) is 0 Å². The number of hydrogen-bond donors (Lipinski definition) is 3. The Morgan fingerprint density at radius 3 is 2.81 bits per heavy atom. The third kappa shape index (κ3) is 4.75. The third-order valence-electron chi connectivity index (χ3n) is 5.10. The van der Waals surface area contributed by atoms with E-state index >= 15 is 0 Å². The van der Waals surface area contributed by atoms with Crippen molar-refractivity contribution in [1.82, 2.24) is 5.32 Å². The molecule has 1 amide bonds. The number of aliphatic hydroxyl groups is 1. The number of amidine groups is 1. The molecule has 27 heavy (non-hydrogen) atoms. The summed E-state index contributed by atoms with van der Waals surface area (Å²) in [5, 5.41) is 28.9. The minimum absolute atomic E-state index is 0.142. The molecule has 1 saturated carbocycles. The molecular weight excluding hydrogens is 366 g/mol. The van der Waals surface area contributed by atoms with Crippen molar-refractivity contribution in [3.05, 3.63) is 35.4 Å². The Balaban J connectivity index is 1.69. The molecule has 1 aliphatic carbocycles. The van der Waals surface area contributed by atoms with Crippen LogP contribution in [0.3, 0.4) is 0 Å². The molecule has 0 spiro atoms. The van der Waals surface area contributed by atoms with Gasteiger partial charge in [-0.3, -0.25) is 9.59 Å². The van der Waals surface area contributed by atoms with Gasteiger partial charge in [0.2, 0.25) is 5.91 Å². The van der Waals surface area contributed by atoms with Crippen LogP contribution in [0.25, 0.3) is 0 Å². The highest BCUT2D eigenvalue weighted by Crippen LogP contribution is 2.39. The van der Waals surface area contributed by atoms with Crippen molar-refractivity contribution in [2.24, 2.45) is 10.2 Å². The summed E-state index contributed by atoms with van der Waals surface area (Å²) in [5.41, 5.74) is 1.81. The van der Waals surface area contributed by atoms with Crippen LogP contribution in [0.1, 0.15) is 49.7 Å². The molecule has 1 aromatic rings. The second-order valence-electron chi connectivity index (χ2n) is 6.97. The summed E-state index contributed by atoms with van der Waals surface area (Å²) >= 11 is 1.07. The fraction of sp³-hybridized carbons (Fsp3) is 0.474. The zero-order valence-corrected chi connectivity index (χ0v) is 15.7. The maximum absolute atomic E-state index is 11.7. The highest BCUT2D eigenvalue weighted by molar-refractivity contribution is 8.15. The van der Waals surface area contributed by atoms with Crippen molar-refractivity contribution in [3.63, 3.8) is 0 Å². The van der Waals surface area contributed by atoms with Crippen molar-refractivity contribution in [2.45, 2.75) is 49.2 Å². The lowest BCUT2D eigenvalue weighted by molar-refractivity contribution is -0.138. The first-order chi connectivity index (χ1) is 13.0. The van der Waals surface area contributed by atoms with E-state index in [1.54, 1.807) is 6.21 Å². The first kappa shape index (κ1) is 19.6. The molecule has 2 aliphatic rings. The van der Waals surface area contributed by atoms with Crippen LogP contribution in [0.2, 0.25) is 0 Å². The Kier molecular flexibility index (Phi) is 6.28. The van der Waals surface area contributed by atoms with Gasteiger partial charge in [-0.25, -0.2) is 0 Å². The van der Waals surface area contributed by atoms with Gasteiger partial charge in [0.25, 0.3) is 0 Å². The predicted molar refractivity (Wildman–Crippen MR) is 105 cm³/mol. The number of rotatable bonds is 6. The van der Waals surface area contributed by atoms with E-state index in [-0.39, 0.29) is 24.3 Å². The van der Waals surface area contributed by atoms with Crippen LogP contribution in [0.4, 0.5) is 0 Å². The molecule has 8 heteroatoms. The van der Waals surface area contributed by atoms with Gasteiger partial charge in [-0.15, -0.1) is 5.10 Å². The molecule has 144 valence electrons. The molecule has 0 bridgehead atoms. The van der Waals surface area contributed by atoms with Crippen molar-refractivity contribution < 1.29 is 19.8 Å². The van der Waals surface area contributed by atoms with E-state index in [1.807, 2.05) is 24.3 Å². The van der Waals surface area contributed by atoms with Crippen molar-refractivity contribution >= 4 is 35.0 Å². The third-order valence-corrected chi connectivity index (χ3v) is 6.18. The van der Waals surface area contributed by atoms with E-state index in [2.05, 4.69) is 15.5 Å². The average Bonchev–Trinajstić information content (AvgIpc) is 3.01. The molecule has 1 saturated heterocycles. The molecule has 3 rings (SSSR count). The first-order valence-corrected chi connectivity index (χ1v) is 9.92. The summed E-state index contributed by atoms with van der Waals surface area (Å²) in [7, 11) is 0. The molecule has 1 atom stereocenters. The largest absolute Gasteiger partial charge is 0.481 e. The van der Waals surface area contributed by atoms with E-state index in [4.69, 9.17) is 5.11 Å². The lowest BCUT2D eigenvalue weighted by Gasteiger charge is -2.36. The second-order valence-corrected chi connectivity index (χ2v) is 8.16. The van der Waals surface area contributed by atoms with Crippen LogP contribution < -0.4 is 5.32 Å². The van der Waals surface area contributed by atoms with Crippen LogP contribution in [0.15, 0.2) is 34.5 Å². The number of nitrogens with zero attached hydrogens (tertiary/aromatic N) is 2. The number of carboxylic acids is 1. The summed E-state index contributed by atoms with van der Waals surface area (Å²) in [4.78, 5) is 22.4. The van der Waals surface area contributed by atoms with E-state index in [0.29, 0.717) is 5.17 Å². The number of hydrogen-bond acceptors (Lipinski definition) is 6. The second kappa shape index (κ2) is 8.67. The lowest BCUT2D eigenvalue weighted by atomic mass is 9.70. The highest BCUT2D eigenvalue weighted by Gasteiger charge is 2.33. The molecule has 0 radical (unpaired) electrons. The monoisotopic (exact) mass is 389 g/mol. The number of aliphatic carboxylic acids is 1. The SMILES string of the molecule is O=C(O)CC1SC(=NN=Cc2cccc(C3(CO)CCCCC3)c2)NC1=O. The molecule has 1 aliphatic heterocycles. The Bertz CT molecular complexity index is 772. The number of carboxylic acid groups (broad SMARTS) is 1. The first-order valence-electron chi connectivity index (χ1n) is 9.04. The van der Waals surface area contributed by atoms with Gasteiger partial charge in [0.15, 0.2) is 5.17 Å². The molecule has 1 heterocycles. The average molecular weight is 389 g/mol. The number of amides is 1. The van der Waals surface area contributed by atoms with Crippen LogP contribution in [-0.2, 0) is 15.0 Å². The Hall–Kier alpha value is -2.19. The minimum Gasteiger partial charge on any atom is -0.481 e. The molecule has 1 unspecified atom stereocenters. The van der Waals surface area contributed by atoms with E-state index in [1.165, 1.54) is 6.42 Å². The zero-order chi connectivity index (χ0) is 19.3.